The smallest absolute Gasteiger partial charge is 0.266 e. The third kappa shape index (κ3) is 5.02. The maximum atomic E-state index is 12.4. The van der Waals surface area contributed by atoms with Crippen molar-refractivity contribution in [2.45, 2.75) is 6.92 Å². The third-order valence-electron chi connectivity index (χ3n) is 3.59. The van der Waals surface area contributed by atoms with Gasteiger partial charge >= 0.3 is 0 Å². The normalized spacial score (nSPS) is 10.7. The highest BCUT2D eigenvalue weighted by Gasteiger charge is 2.14. The molecule has 1 N–H and O–H groups in total. The van der Waals surface area contributed by atoms with E-state index in [0.29, 0.717) is 29.4 Å². The maximum Gasteiger partial charge on any atom is 0.266 e. The molecular weight excluding hydrogens is 384 g/mol. The van der Waals surface area contributed by atoms with Crippen molar-refractivity contribution >= 4 is 35.2 Å². The lowest BCUT2D eigenvalue weighted by molar-refractivity contribution is -0.255. The number of hydrogen-bond donors (Lipinski definition) is 1. The highest BCUT2D eigenvalue weighted by Crippen LogP contribution is 2.36. The summed E-state index contributed by atoms with van der Waals surface area (Å²) in [5.41, 5.74) is 0.616. The minimum absolute atomic E-state index is 0.0228. The molecule has 0 radical (unpaired) electrons. The third-order valence-corrected chi connectivity index (χ3v) is 3.87. The van der Waals surface area contributed by atoms with Gasteiger partial charge in [-0.1, -0.05) is 23.7 Å². The predicted molar refractivity (Wildman–Crippen MR) is 102 cm³/mol. The number of carboxylic acids is 1. The predicted octanol–water partition coefficient (Wildman–Crippen LogP) is 2.66. The number of nitrogens with zero attached hydrogens (tertiary/aromatic N) is 1. The summed E-state index contributed by atoms with van der Waals surface area (Å²) in [6, 6.07) is 10.4. The molecule has 144 valence electrons. The van der Waals surface area contributed by atoms with Crippen LogP contribution < -0.4 is 19.9 Å². The van der Waals surface area contributed by atoms with Crippen LogP contribution >= 0.6 is 11.6 Å². The number of carbonyl (C=O) groups excluding carboxylic acids is 2. The molecule has 0 fully saturated rings. The first kappa shape index (κ1) is 20.8. The van der Waals surface area contributed by atoms with E-state index in [-0.39, 0.29) is 16.2 Å². The van der Waals surface area contributed by atoms with E-state index in [1.54, 1.807) is 19.1 Å². The Hall–Kier alpha value is -3.50. The van der Waals surface area contributed by atoms with Crippen LogP contribution in [-0.2, 0) is 4.79 Å². The van der Waals surface area contributed by atoms with Gasteiger partial charge in [-0.25, -0.2) is 0 Å². The SMILES string of the molecule is CCOc1cc(/C=C(\C#N)C(=O)Nc2ccc(C(=O)[O-])cc2)cc(Cl)c1OC. The molecule has 0 aliphatic heterocycles. The number of ether oxygens (including phenoxy) is 2. The molecule has 0 aliphatic rings. The van der Waals surface area contributed by atoms with Crippen LogP contribution in [0.15, 0.2) is 42.0 Å². The summed E-state index contributed by atoms with van der Waals surface area (Å²) in [5, 5.41) is 22.9. The number of carboxylic acid groups (broad SMARTS) is 1. The van der Waals surface area contributed by atoms with E-state index in [9.17, 15) is 20.0 Å². The van der Waals surface area contributed by atoms with Crippen molar-refractivity contribution in [3.63, 3.8) is 0 Å². The van der Waals surface area contributed by atoms with Crippen molar-refractivity contribution in [1.82, 2.24) is 0 Å². The van der Waals surface area contributed by atoms with Gasteiger partial charge in [-0.15, -0.1) is 0 Å². The van der Waals surface area contributed by atoms with Gasteiger partial charge in [-0.05, 0) is 48.4 Å². The van der Waals surface area contributed by atoms with Gasteiger partial charge in [-0.2, -0.15) is 5.26 Å². The van der Waals surface area contributed by atoms with Gasteiger partial charge in [-0.3, -0.25) is 4.79 Å². The summed E-state index contributed by atoms with van der Waals surface area (Å²) < 4.78 is 10.7. The Morgan fingerprint density at radius 3 is 2.50 bits per heavy atom. The van der Waals surface area contributed by atoms with Crippen molar-refractivity contribution in [1.29, 1.82) is 5.26 Å². The summed E-state index contributed by atoms with van der Waals surface area (Å²) in [4.78, 5) is 23.1. The number of nitriles is 1. The number of anilines is 1. The molecule has 0 atom stereocenters. The van der Waals surface area contributed by atoms with Crippen LogP contribution in [-0.4, -0.2) is 25.6 Å². The van der Waals surface area contributed by atoms with E-state index < -0.39 is 11.9 Å². The second-order valence-electron chi connectivity index (χ2n) is 5.46. The zero-order valence-electron chi connectivity index (χ0n) is 15.1. The molecule has 0 aromatic heterocycles. The second-order valence-corrected chi connectivity index (χ2v) is 5.86. The lowest BCUT2D eigenvalue weighted by Crippen LogP contribution is -2.22. The number of amides is 1. The number of aromatic carboxylic acids is 1. The number of hydrogen-bond acceptors (Lipinski definition) is 6. The average Bonchev–Trinajstić information content (AvgIpc) is 2.66. The van der Waals surface area contributed by atoms with E-state index in [4.69, 9.17) is 21.1 Å². The number of benzene rings is 2. The summed E-state index contributed by atoms with van der Waals surface area (Å²) in [6.07, 6.45) is 1.36. The van der Waals surface area contributed by atoms with Gasteiger partial charge in [0.25, 0.3) is 5.91 Å². The summed E-state index contributed by atoms with van der Waals surface area (Å²) in [5.74, 6) is -1.23. The molecule has 7 nitrogen and oxygen atoms in total. The summed E-state index contributed by atoms with van der Waals surface area (Å²) in [7, 11) is 1.46. The largest absolute Gasteiger partial charge is 0.545 e. The molecule has 8 heteroatoms. The molecule has 0 bridgehead atoms. The van der Waals surface area contributed by atoms with E-state index in [1.807, 2.05) is 6.07 Å². The standard InChI is InChI=1S/C20H17ClN2O5/c1-3-28-17-10-12(9-16(21)18(17)27-2)8-14(11-22)19(24)23-15-6-4-13(5-7-15)20(25)26/h4-10H,3H2,1-2H3,(H,23,24)(H,25,26)/p-1/b14-8+. The van der Waals surface area contributed by atoms with Gasteiger partial charge in [0.05, 0.1) is 24.7 Å². The van der Waals surface area contributed by atoms with Crippen LogP contribution in [0.1, 0.15) is 22.8 Å². The molecule has 0 heterocycles. The molecule has 0 unspecified atom stereocenters. The number of rotatable bonds is 7. The Morgan fingerprint density at radius 2 is 1.96 bits per heavy atom. The molecule has 2 aromatic carbocycles. The Morgan fingerprint density at radius 1 is 1.29 bits per heavy atom. The molecular formula is C20H16ClN2O5-. The van der Waals surface area contributed by atoms with Gasteiger partial charge < -0.3 is 24.7 Å². The van der Waals surface area contributed by atoms with Crippen LogP contribution in [0.5, 0.6) is 11.5 Å². The van der Waals surface area contributed by atoms with Crippen LogP contribution in [0.25, 0.3) is 6.08 Å². The molecule has 0 saturated carbocycles. The molecule has 28 heavy (non-hydrogen) atoms. The van der Waals surface area contributed by atoms with Crippen LogP contribution in [0.4, 0.5) is 5.69 Å². The molecule has 0 saturated heterocycles. The van der Waals surface area contributed by atoms with Crippen molar-refractivity contribution < 1.29 is 24.2 Å². The zero-order valence-corrected chi connectivity index (χ0v) is 15.9. The monoisotopic (exact) mass is 399 g/mol. The van der Waals surface area contributed by atoms with Gasteiger partial charge in [0.1, 0.15) is 11.6 Å². The van der Waals surface area contributed by atoms with Gasteiger partial charge in [0, 0.05) is 5.69 Å². The fourth-order valence-electron chi connectivity index (χ4n) is 2.34. The Balaban J connectivity index is 2.28. The highest BCUT2D eigenvalue weighted by atomic mass is 35.5. The maximum absolute atomic E-state index is 12.4. The topological polar surface area (TPSA) is 111 Å². The van der Waals surface area contributed by atoms with Crippen LogP contribution in [0.2, 0.25) is 5.02 Å². The molecule has 2 rings (SSSR count). The van der Waals surface area contributed by atoms with Gasteiger partial charge in [0.15, 0.2) is 11.5 Å². The number of halogens is 1. The minimum Gasteiger partial charge on any atom is -0.545 e. The van der Waals surface area contributed by atoms with E-state index in [1.165, 1.54) is 37.5 Å². The Labute approximate surface area is 166 Å². The first-order valence-corrected chi connectivity index (χ1v) is 8.52. The fourth-order valence-corrected chi connectivity index (χ4v) is 2.63. The van der Waals surface area contributed by atoms with Crippen molar-refractivity contribution in [2.75, 3.05) is 19.0 Å². The second kappa shape index (κ2) is 9.44. The Bertz CT molecular complexity index is 962. The number of nitrogens with one attached hydrogen (secondary N) is 1. The van der Waals surface area contributed by atoms with Gasteiger partial charge in [0.2, 0.25) is 0 Å². The quantitative estimate of drug-likeness (QED) is 0.566. The lowest BCUT2D eigenvalue weighted by Gasteiger charge is -2.12. The van der Waals surface area contributed by atoms with E-state index in [2.05, 4.69) is 5.32 Å². The highest BCUT2D eigenvalue weighted by molar-refractivity contribution is 6.32. The molecule has 2 aromatic rings. The van der Waals surface area contributed by atoms with Crippen molar-refractivity contribution in [3.05, 3.63) is 58.1 Å². The van der Waals surface area contributed by atoms with Crippen molar-refractivity contribution in [2.24, 2.45) is 0 Å². The molecule has 1 amide bonds. The molecule has 0 spiro atoms. The number of carbonyl (C=O) groups is 2. The average molecular weight is 400 g/mol. The minimum atomic E-state index is -1.32. The summed E-state index contributed by atoms with van der Waals surface area (Å²) in [6.45, 7) is 2.18. The van der Waals surface area contributed by atoms with Crippen molar-refractivity contribution in [3.8, 4) is 17.6 Å². The van der Waals surface area contributed by atoms with E-state index >= 15 is 0 Å². The van der Waals surface area contributed by atoms with Crippen LogP contribution in [0.3, 0.4) is 0 Å². The Kier molecular flexibility index (Phi) is 7.02. The first-order chi connectivity index (χ1) is 13.4. The molecule has 0 aliphatic carbocycles. The number of methoxy groups -OCH3 is 1. The first-order valence-electron chi connectivity index (χ1n) is 8.14. The summed E-state index contributed by atoms with van der Waals surface area (Å²) >= 11 is 6.18. The lowest BCUT2D eigenvalue weighted by atomic mass is 10.1. The van der Waals surface area contributed by atoms with Crippen LogP contribution in [0, 0.1) is 11.3 Å². The van der Waals surface area contributed by atoms with E-state index in [0.717, 1.165) is 0 Å². The zero-order chi connectivity index (χ0) is 20.7. The fraction of sp³-hybridized carbons (Fsp3) is 0.150.